The second-order valence-electron chi connectivity index (χ2n) is 5.29. The van der Waals surface area contributed by atoms with Gasteiger partial charge in [-0.2, -0.15) is 0 Å². The summed E-state index contributed by atoms with van der Waals surface area (Å²) < 4.78 is 7.20. The van der Waals surface area contributed by atoms with Gasteiger partial charge in [0.15, 0.2) is 0 Å². The number of rotatable bonds is 5. The van der Waals surface area contributed by atoms with E-state index in [9.17, 15) is 4.79 Å². The van der Waals surface area contributed by atoms with Gasteiger partial charge in [-0.1, -0.05) is 11.8 Å². The number of aromatic nitrogens is 4. The topological polar surface area (TPSA) is 81.9 Å². The fraction of sp³-hybridized carbons (Fsp3) is 0.833. The summed E-state index contributed by atoms with van der Waals surface area (Å²) in [5, 5.41) is 15.4. The lowest BCUT2D eigenvalue weighted by atomic mass is 10.1. The maximum Gasteiger partial charge on any atom is 0.233 e. The van der Waals surface area contributed by atoms with Gasteiger partial charge >= 0.3 is 0 Å². The van der Waals surface area contributed by atoms with E-state index in [1.165, 1.54) is 11.8 Å². The van der Waals surface area contributed by atoms with Crippen molar-refractivity contribution in [2.45, 2.75) is 55.1 Å². The Morgan fingerprint density at radius 2 is 2.15 bits per heavy atom. The van der Waals surface area contributed by atoms with Gasteiger partial charge in [-0.15, -0.1) is 5.10 Å². The molecule has 1 aromatic heterocycles. The average molecular weight is 297 g/mol. The number of nitrogens with zero attached hydrogens (tertiary/aromatic N) is 4. The number of ether oxygens (including phenoxy) is 1. The number of hydrogen-bond acceptors (Lipinski definition) is 6. The first kappa shape index (κ1) is 13.8. The smallest absolute Gasteiger partial charge is 0.233 e. The van der Waals surface area contributed by atoms with Crippen LogP contribution in [0.5, 0.6) is 0 Å². The van der Waals surface area contributed by atoms with Crippen molar-refractivity contribution in [3.05, 3.63) is 0 Å². The Bertz CT molecular complexity index is 470. The number of tetrazole rings is 1. The summed E-state index contributed by atoms with van der Waals surface area (Å²) >= 11 is 1.42. The first-order valence-electron chi connectivity index (χ1n) is 7.06. The van der Waals surface area contributed by atoms with E-state index in [1.54, 1.807) is 0 Å². The van der Waals surface area contributed by atoms with Crippen LogP contribution in [0.1, 0.15) is 38.6 Å². The summed E-state index contributed by atoms with van der Waals surface area (Å²) in [6, 6.07) is 0.664. The molecule has 2 fully saturated rings. The van der Waals surface area contributed by atoms with Gasteiger partial charge in [-0.3, -0.25) is 4.79 Å². The summed E-state index contributed by atoms with van der Waals surface area (Å²) in [5.41, 5.74) is 0. The summed E-state index contributed by atoms with van der Waals surface area (Å²) in [6.45, 7) is 3.38. The second kappa shape index (κ2) is 6.09. The van der Waals surface area contributed by atoms with E-state index in [-0.39, 0.29) is 17.2 Å². The van der Waals surface area contributed by atoms with Crippen LogP contribution in [0.2, 0.25) is 0 Å². The molecule has 1 saturated heterocycles. The van der Waals surface area contributed by atoms with Gasteiger partial charge in [-0.05, 0) is 43.0 Å². The van der Waals surface area contributed by atoms with Gasteiger partial charge in [0, 0.05) is 19.3 Å². The Labute approximate surface area is 121 Å². The molecule has 8 heteroatoms. The number of carbonyl (C=O) groups is 1. The molecule has 1 aliphatic heterocycles. The maximum atomic E-state index is 12.0. The molecule has 1 aliphatic carbocycles. The SMILES string of the molecule is CC(Sc1nnnn1C1CCOCC1)C(=O)NC1CC1. The molecule has 110 valence electrons. The van der Waals surface area contributed by atoms with E-state index < -0.39 is 0 Å². The van der Waals surface area contributed by atoms with Crippen molar-refractivity contribution in [2.24, 2.45) is 0 Å². The predicted molar refractivity (Wildman–Crippen MR) is 73.4 cm³/mol. The molecule has 20 heavy (non-hydrogen) atoms. The van der Waals surface area contributed by atoms with Gasteiger partial charge in [-0.25, -0.2) is 4.68 Å². The van der Waals surface area contributed by atoms with E-state index in [0.29, 0.717) is 6.04 Å². The van der Waals surface area contributed by atoms with Crippen molar-refractivity contribution in [1.29, 1.82) is 0 Å². The highest BCUT2D eigenvalue weighted by atomic mass is 32.2. The first-order valence-corrected chi connectivity index (χ1v) is 7.94. The molecule has 7 nitrogen and oxygen atoms in total. The fourth-order valence-electron chi connectivity index (χ4n) is 2.18. The molecule has 0 aromatic carbocycles. The molecule has 1 saturated carbocycles. The van der Waals surface area contributed by atoms with E-state index in [0.717, 1.165) is 44.1 Å². The Morgan fingerprint density at radius 1 is 1.40 bits per heavy atom. The maximum absolute atomic E-state index is 12.0. The van der Waals surface area contributed by atoms with Crippen LogP contribution in [0.3, 0.4) is 0 Å². The minimum Gasteiger partial charge on any atom is -0.381 e. The Balaban J connectivity index is 1.61. The molecule has 0 bridgehead atoms. The Kier molecular flexibility index (Phi) is 4.21. The van der Waals surface area contributed by atoms with Crippen molar-refractivity contribution in [1.82, 2.24) is 25.5 Å². The molecule has 1 amide bonds. The lowest BCUT2D eigenvalue weighted by molar-refractivity contribution is -0.120. The Morgan fingerprint density at radius 3 is 2.85 bits per heavy atom. The number of amides is 1. The molecule has 0 radical (unpaired) electrons. The Hall–Kier alpha value is -1.15. The van der Waals surface area contributed by atoms with Crippen LogP contribution in [-0.4, -0.2) is 50.6 Å². The van der Waals surface area contributed by atoms with Crippen LogP contribution in [0.25, 0.3) is 0 Å². The summed E-state index contributed by atoms with van der Waals surface area (Å²) in [6.07, 6.45) is 4.04. The van der Waals surface area contributed by atoms with Gasteiger partial charge in [0.1, 0.15) is 0 Å². The standard InChI is InChI=1S/C12H19N5O2S/c1-8(11(18)13-9-2-3-9)20-12-14-15-16-17(12)10-4-6-19-7-5-10/h8-10H,2-7H2,1H3,(H,13,18). The number of carbonyl (C=O) groups excluding carboxylic acids is 1. The highest BCUT2D eigenvalue weighted by molar-refractivity contribution is 8.00. The molecule has 1 N–H and O–H groups in total. The van der Waals surface area contributed by atoms with E-state index in [4.69, 9.17) is 4.74 Å². The molecule has 3 rings (SSSR count). The van der Waals surface area contributed by atoms with Gasteiger partial charge in [0.05, 0.1) is 11.3 Å². The van der Waals surface area contributed by atoms with Crippen LogP contribution in [0.4, 0.5) is 0 Å². The van der Waals surface area contributed by atoms with Crippen LogP contribution in [0, 0.1) is 0 Å². The van der Waals surface area contributed by atoms with Crippen molar-refractivity contribution >= 4 is 17.7 Å². The fourth-order valence-corrected chi connectivity index (χ4v) is 3.05. The van der Waals surface area contributed by atoms with Crippen molar-refractivity contribution < 1.29 is 9.53 Å². The zero-order valence-corrected chi connectivity index (χ0v) is 12.3. The molecule has 0 spiro atoms. The monoisotopic (exact) mass is 297 g/mol. The van der Waals surface area contributed by atoms with Gasteiger partial charge in [0.2, 0.25) is 11.1 Å². The minimum absolute atomic E-state index is 0.0685. The van der Waals surface area contributed by atoms with Crippen molar-refractivity contribution in [3.63, 3.8) is 0 Å². The van der Waals surface area contributed by atoms with Crippen molar-refractivity contribution in [3.8, 4) is 0 Å². The zero-order valence-electron chi connectivity index (χ0n) is 11.5. The largest absolute Gasteiger partial charge is 0.381 e. The molecule has 2 heterocycles. The number of hydrogen-bond donors (Lipinski definition) is 1. The van der Waals surface area contributed by atoms with E-state index >= 15 is 0 Å². The van der Waals surface area contributed by atoms with Crippen LogP contribution in [0.15, 0.2) is 5.16 Å². The predicted octanol–water partition coefficient (Wildman–Crippen LogP) is 0.784. The molecular weight excluding hydrogens is 278 g/mol. The lowest BCUT2D eigenvalue weighted by Crippen LogP contribution is -2.32. The third-order valence-corrected chi connectivity index (χ3v) is 4.62. The lowest BCUT2D eigenvalue weighted by Gasteiger charge is -2.22. The average Bonchev–Trinajstić information content (AvgIpc) is 3.16. The number of nitrogens with one attached hydrogen (secondary N) is 1. The summed E-state index contributed by atoms with van der Waals surface area (Å²) in [4.78, 5) is 12.0. The molecular formula is C12H19N5O2S. The van der Waals surface area contributed by atoms with Crippen LogP contribution >= 0.6 is 11.8 Å². The van der Waals surface area contributed by atoms with Crippen molar-refractivity contribution in [2.75, 3.05) is 13.2 Å². The molecule has 1 unspecified atom stereocenters. The summed E-state index contributed by atoms with van der Waals surface area (Å²) in [7, 11) is 0. The number of thioether (sulfide) groups is 1. The summed E-state index contributed by atoms with van der Waals surface area (Å²) in [5.74, 6) is 0.0685. The highest BCUT2D eigenvalue weighted by Crippen LogP contribution is 2.28. The molecule has 1 atom stereocenters. The second-order valence-corrected chi connectivity index (χ2v) is 6.60. The van der Waals surface area contributed by atoms with Crippen LogP contribution < -0.4 is 5.32 Å². The minimum atomic E-state index is -0.180. The normalized spacial score (nSPS) is 21.6. The molecule has 1 aromatic rings. The van der Waals surface area contributed by atoms with Gasteiger partial charge < -0.3 is 10.1 Å². The molecule has 2 aliphatic rings. The first-order chi connectivity index (χ1) is 9.74. The quantitative estimate of drug-likeness (QED) is 0.809. The third kappa shape index (κ3) is 3.29. The highest BCUT2D eigenvalue weighted by Gasteiger charge is 2.28. The third-order valence-electron chi connectivity index (χ3n) is 3.57. The van der Waals surface area contributed by atoms with Gasteiger partial charge in [0.25, 0.3) is 0 Å². The van der Waals surface area contributed by atoms with E-state index in [1.807, 2.05) is 11.6 Å². The zero-order chi connectivity index (χ0) is 13.9. The van der Waals surface area contributed by atoms with Crippen LogP contribution in [-0.2, 0) is 9.53 Å². The van der Waals surface area contributed by atoms with E-state index in [2.05, 4.69) is 20.8 Å².